The van der Waals surface area contributed by atoms with Crippen molar-refractivity contribution in [2.24, 2.45) is 0 Å². The van der Waals surface area contributed by atoms with Gasteiger partial charge in [-0.1, -0.05) is 35.5 Å². The third-order valence-electron chi connectivity index (χ3n) is 5.02. The molecule has 0 bridgehead atoms. The number of aryl methyl sites for hydroxylation is 2. The van der Waals surface area contributed by atoms with E-state index in [-0.39, 0.29) is 0 Å². The molecule has 1 saturated heterocycles. The van der Waals surface area contributed by atoms with Crippen molar-refractivity contribution in [2.75, 3.05) is 0 Å². The Labute approximate surface area is 154 Å². The maximum absolute atomic E-state index is 14.5. The van der Waals surface area contributed by atoms with Crippen LogP contribution in [0.25, 0.3) is 6.08 Å². The molecule has 0 saturated carbocycles. The zero-order valence-corrected chi connectivity index (χ0v) is 15.8. The van der Waals surface area contributed by atoms with Crippen molar-refractivity contribution in [1.82, 2.24) is 15.0 Å². The lowest BCUT2D eigenvalue weighted by Gasteiger charge is -2.32. The Balaban J connectivity index is 1.57. The Morgan fingerprint density at radius 2 is 1.81 bits per heavy atom. The van der Waals surface area contributed by atoms with Gasteiger partial charge in [-0.25, -0.2) is 4.39 Å². The third-order valence-corrected chi connectivity index (χ3v) is 5.02. The summed E-state index contributed by atoms with van der Waals surface area (Å²) in [6, 6.07) is 10.3. The van der Waals surface area contributed by atoms with Gasteiger partial charge in [-0.05, 0) is 52.2 Å². The molecule has 0 N–H and O–H groups in total. The van der Waals surface area contributed by atoms with E-state index in [1.54, 1.807) is 10.9 Å². The average Bonchev–Trinajstić information content (AvgIpc) is 3.10. The number of rotatable bonds is 6. The second kappa shape index (κ2) is 7.33. The van der Waals surface area contributed by atoms with Crippen LogP contribution >= 0.6 is 0 Å². The van der Waals surface area contributed by atoms with Gasteiger partial charge in [0.05, 0.1) is 17.4 Å². The van der Waals surface area contributed by atoms with Crippen molar-refractivity contribution in [1.29, 1.82) is 0 Å². The summed E-state index contributed by atoms with van der Waals surface area (Å²) in [7, 11) is -1.01. The first-order valence-corrected chi connectivity index (χ1v) is 8.94. The van der Waals surface area contributed by atoms with E-state index in [4.69, 9.17) is 9.31 Å². The van der Waals surface area contributed by atoms with Crippen LogP contribution in [0.15, 0.2) is 42.3 Å². The van der Waals surface area contributed by atoms with Gasteiger partial charge in [0.2, 0.25) is 0 Å². The minimum Gasteiger partial charge on any atom is -0.398 e. The molecule has 2 aromatic rings. The summed E-state index contributed by atoms with van der Waals surface area (Å²) in [6.07, 6.45) is 4.96. The summed E-state index contributed by atoms with van der Waals surface area (Å²) < 4.78 is 27.6. The standard InChI is InChI=1S/C19H25BFN3O2/c1-18(2)19(3,4)26-20(25-18)17(21)13-16-14-24(23-22-16)12-8-11-15-9-6-5-7-10-15/h5-7,9-10,13-14H,8,11-12H2,1-4H3. The minimum absolute atomic E-state index is 0.455. The molecule has 1 aromatic carbocycles. The lowest BCUT2D eigenvalue weighted by molar-refractivity contribution is 0.00578. The van der Waals surface area contributed by atoms with E-state index in [9.17, 15) is 4.39 Å². The van der Waals surface area contributed by atoms with E-state index in [2.05, 4.69) is 22.4 Å². The maximum Gasteiger partial charge on any atom is 0.525 e. The molecule has 3 rings (SSSR count). The normalized spacial score (nSPS) is 19.1. The van der Waals surface area contributed by atoms with Crippen molar-refractivity contribution < 1.29 is 13.7 Å². The minimum atomic E-state index is -1.01. The van der Waals surface area contributed by atoms with Gasteiger partial charge >= 0.3 is 7.12 Å². The maximum atomic E-state index is 14.5. The zero-order valence-electron chi connectivity index (χ0n) is 15.8. The number of aromatic nitrogens is 3. The highest BCUT2D eigenvalue weighted by atomic mass is 19.1. The topological polar surface area (TPSA) is 49.2 Å². The molecule has 0 unspecified atom stereocenters. The van der Waals surface area contributed by atoms with E-state index >= 15 is 0 Å². The predicted octanol–water partition coefficient (Wildman–Crippen LogP) is 3.85. The first-order valence-electron chi connectivity index (χ1n) is 8.94. The van der Waals surface area contributed by atoms with Gasteiger partial charge in [0, 0.05) is 6.54 Å². The fourth-order valence-electron chi connectivity index (χ4n) is 2.74. The van der Waals surface area contributed by atoms with Crippen molar-refractivity contribution in [2.45, 2.75) is 58.3 Å². The van der Waals surface area contributed by atoms with E-state index in [1.165, 1.54) is 11.6 Å². The molecule has 26 heavy (non-hydrogen) atoms. The Bertz CT molecular complexity index is 758. The van der Waals surface area contributed by atoms with Crippen LogP contribution in [-0.4, -0.2) is 33.3 Å². The Morgan fingerprint density at radius 1 is 1.15 bits per heavy atom. The molecule has 0 atom stereocenters. The second-order valence-electron chi connectivity index (χ2n) is 7.61. The zero-order chi connectivity index (χ0) is 18.8. The van der Waals surface area contributed by atoms with Crippen molar-refractivity contribution in [3.63, 3.8) is 0 Å². The van der Waals surface area contributed by atoms with Crippen molar-refractivity contribution in [3.8, 4) is 0 Å². The summed E-state index contributed by atoms with van der Waals surface area (Å²) in [5, 5.41) is 8.07. The third kappa shape index (κ3) is 4.22. The quantitative estimate of drug-likeness (QED) is 0.737. The molecule has 0 radical (unpaired) electrons. The molecule has 1 aliphatic rings. The lowest BCUT2D eigenvalue weighted by atomic mass is 9.87. The van der Waals surface area contributed by atoms with Gasteiger partial charge in [0.25, 0.3) is 0 Å². The first-order chi connectivity index (χ1) is 12.3. The summed E-state index contributed by atoms with van der Waals surface area (Å²) in [5.74, 6) is 0. The predicted molar refractivity (Wildman–Crippen MR) is 100.0 cm³/mol. The molecule has 0 amide bonds. The Morgan fingerprint density at radius 3 is 2.46 bits per heavy atom. The van der Waals surface area contributed by atoms with Crippen LogP contribution in [0.3, 0.4) is 0 Å². The van der Waals surface area contributed by atoms with Crippen LogP contribution in [0.2, 0.25) is 0 Å². The van der Waals surface area contributed by atoms with E-state index in [0.717, 1.165) is 19.4 Å². The molecule has 138 valence electrons. The number of benzene rings is 1. The lowest BCUT2D eigenvalue weighted by Crippen LogP contribution is -2.41. The molecule has 7 heteroatoms. The highest BCUT2D eigenvalue weighted by molar-refractivity contribution is 6.54. The second-order valence-corrected chi connectivity index (χ2v) is 7.61. The van der Waals surface area contributed by atoms with Crippen LogP contribution < -0.4 is 0 Å². The molecule has 0 aliphatic carbocycles. The SMILES string of the molecule is CC1(C)OB(C(F)=Cc2cn(CCCc3ccccc3)nn2)OC1(C)C. The smallest absolute Gasteiger partial charge is 0.398 e. The Kier molecular flexibility index (Phi) is 5.30. The van der Waals surface area contributed by atoms with Crippen LogP contribution in [0.1, 0.15) is 45.4 Å². The summed E-state index contributed by atoms with van der Waals surface area (Å²) >= 11 is 0. The monoisotopic (exact) mass is 357 g/mol. The van der Waals surface area contributed by atoms with E-state index in [0.29, 0.717) is 5.69 Å². The van der Waals surface area contributed by atoms with Crippen LogP contribution in [0.5, 0.6) is 0 Å². The van der Waals surface area contributed by atoms with Gasteiger partial charge in [-0.2, -0.15) is 0 Å². The fourth-order valence-corrected chi connectivity index (χ4v) is 2.74. The molecule has 0 spiro atoms. The summed E-state index contributed by atoms with van der Waals surface area (Å²) in [4.78, 5) is 0. The van der Waals surface area contributed by atoms with Crippen molar-refractivity contribution in [3.05, 3.63) is 53.5 Å². The average molecular weight is 357 g/mol. The highest BCUT2D eigenvalue weighted by Crippen LogP contribution is 2.38. The van der Waals surface area contributed by atoms with Gasteiger partial charge < -0.3 is 9.31 Å². The molecule has 2 heterocycles. The van der Waals surface area contributed by atoms with Gasteiger partial charge in [-0.15, -0.1) is 5.10 Å². The fraction of sp³-hybridized carbons (Fsp3) is 0.474. The highest BCUT2D eigenvalue weighted by Gasteiger charge is 2.53. The van der Waals surface area contributed by atoms with E-state index < -0.39 is 24.0 Å². The number of nitrogens with zero attached hydrogens (tertiary/aromatic N) is 3. The molecule has 1 aromatic heterocycles. The summed E-state index contributed by atoms with van der Waals surface area (Å²) in [5.41, 5.74) is 0.104. The van der Waals surface area contributed by atoms with Crippen molar-refractivity contribution >= 4 is 13.2 Å². The van der Waals surface area contributed by atoms with Crippen LogP contribution in [-0.2, 0) is 22.3 Å². The van der Waals surface area contributed by atoms with Gasteiger partial charge in [0.1, 0.15) is 11.4 Å². The number of hydrogen-bond acceptors (Lipinski definition) is 4. The molecule has 1 aliphatic heterocycles. The Hall–Kier alpha value is -1.99. The molecule has 1 fully saturated rings. The molecular formula is C19H25BFN3O2. The van der Waals surface area contributed by atoms with E-state index in [1.807, 2.05) is 45.9 Å². The van der Waals surface area contributed by atoms with Gasteiger partial charge in [0.15, 0.2) is 0 Å². The molecular weight excluding hydrogens is 332 g/mol. The first kappa shape index (κ1) is 18.8. The van der Waals surface area contributed by atoms with Gasteiger partial charge in [-0.3, -0.25) is 4.68 Å². The number of hydrogen-bond donors (Lipinski definition) is 0. The largest absolute Gasteiger partial charge is 0.525 e. The molecule has 5 nitrogen and oxygen atoms in total. The van der Waals surface area contributed by atoms with Crippen LogP contribution in [0, 0.1) is 0 Å². The summed E-state index contributed by atoms with van der Waals surface area (Å²) in [6.45, 7) is 8.30. The van der Waals surface area contributed by atoms with Crippen LogP contribution in [0.4, 0.5) is 4.39 Å². The number of halogens is 1.